The first-order valence-corrected chi connectivity index (χ1v) is 10.1. The quantitative estimate of drug-likeness (QED) is 0.558. The van der Waals surface area contributed by atoms with Gasteiger partial charge in [0, 0.05) is 18.7 Å². The van der Waals surface area contributed by atoms with E-state index in [0.717, 1.165) is 12.0 Å². The third-order valence-electron chi connectivity index (χ3n) is 3.83. The highest BCUT2D eigenvalue weighted by Crippen LogP contribution is 2.10. The topological polar surface area (TPSA) is 104 Å². The van der Waals surface area contributed by atoms with Crippen LogP contribution in [0.4, 0.5) is 0 Å². The summed E-state index contributed by atoms with van der Waals surface area (Å²) in [6.07, 6.45) is 0.834. The fourth-order valence-corrected chi connectivity index (χ4v) is 3.32. The average Bonchev–Trinajstić information content (AvgIpc) is 2.70. The molecular formula is C19H23N3O4S. The van der Waals surface area contributed by atoms with Gasteiger partial charge in [-0.1, -0.05) is 37.3 Å². The van der Waals surface area contributed by atoms with Crippen molar-refractivity contribution >= 4 is 21.8 Å². The molecule has 144 valence electrons. The number of benzene rings is 2. The van der Waals surface area contributed by atoms with Crippen LogP contribution < -0.4 is 15.4 Å². The minimum atomic E-state index is -3.62. The summed E-state index contributed by atoms with van der Waals surface area (Å²) in [5.74, 6) is -0.743. The zero-order valence-corrected chi connectivity index (χ0v) is 15.9. The second kappa shape index (κ2) is 9.84. The van der Waals surface area contributed by atoms with E-state index in [1.165, 1.54) is 0 Å². The number of hydrogen-bond acceptors (Lipinski definition) is 4. The Kier molecular flexibility index (Phi) is 7.51. The van der Waals surface area contributed by atoms with Gasteiger partial charge in [-0.2, -0.15) is 0 Å². The number of sulfonamides is 1. The maximum absolute atomic E-state index is 12.2. The maximum Gasteiger partial charge on any atom is 0.251 e. The number of rotatable bonds is 9. The second-order valence-corrected chi connectivity index (χ2v) is 7.56. The van der Waals surface area contributed by atoms with Crippen molar-refractivity contribution in [1.82, 2.24) is 15.4 Å². The van der Waals surface area contributed by atoms with Crippen molar-refractivity contribution in [3.63, 3.8) is 0 Å². The van der Waals surface area contributed by atoms with Crippen molar-refractivity contribution in [3.05, 3.63) is 65.7 Å². The van der Waals surface area contributed by atoms with Crippen LogP contribution in [0, 0.1) is 0 Å². The zero-order chi connectivity index (χ0) is 19.7. The van der Waals surface area contributed by atoms with Crippen LogP contribution in [0.25, 0.3) is 0 Å². The molecule has 27 heavy (non-hydrogen) atoms. The van der Waals surface area contributed by atoms with E-state index in [1.807, 2.05) is 6.92 Å². The first-order valence-electron chi connectivity index (χ1n) is 8.61. The molecule has 8 heteroatoms. The van der Waals surface area contributed by atoms with Gasteiger partial charge in [-0.15, -0.1) is 0 Å². The predicted molar refractivity (Wildman–Crippen MR) is 103 cm³/mol. The molecule has 0 aliphatic heterocycles. The van der Waals surface area contributed by atoms with Gasteiger partial charge in [-0.25, -0.2) is 13.1 Å². The molecule has 0 radical (unpaired) electrons. The van der Waals surface area contributed by atoms with E-state index in [9.17, 15) is 18.0 Å². The summed E-state index contributed by atoms with van der Waals surface area (Å²) >= 11 is 0. The normalized spacial score (nSPS) is 11.0. The van der Waals surface area contributed by atoms with Gasteiger partial charge in [0.05, 0.1) is 11.4 Å². The highest BCUT2D eigenvalue weighted by molar-refractivity contribution is 7.89. The Hall–Kier alpha value is -2.71. The van der Waals surface area contributed by atoms with Crippen LogP contribution in [-0.2, 0) is 21.2 Å². The van der Waals surface area contributed by atoms with Crippen LogP contribution in [0.5, 0.6) is 0 Å². The zero-order valence-electron chi connectivity index (χ0n) is 15.1. The third-order valence-corrected chi connectivity index (χ3v) is 5.30. The molecule has 0 bridgehead atoms. The van der Waals surface area contributed by atoms with Gasteiger partial charge in [-0.3, -0.25) is 9.59 Å². The Bertz CT molecular complexity index is 866. The SMILES string of the molecule is CCc1ccc(S(=O)(=O)NCCNC(=O)CNC(=O)c2ccccc2)cc1. The molecular weight excluding hydrogens is 366 g/mol. The Morgan fingerprint density at radius 1 is 0.889 bits per heavy atom. The lowest BCUT2D eigenvalue weighted by molar-refractivity contribution is -0.120. The van der Waals surface area contributed by atoms with E-state index in [0.29, 0.717) is 5.56 Å². The molecule has 0 unspecified atom stereocenters. The van der Waals surface area contributed by atoms with Gasteiger partial charge in [0.1, 0.15) is 0 Å². The number of carbonyl (C=O) groups is 2. The highest BCUT2D eigenvalue weighted by Gasteiger charge is 2.13. The van der Waals surface area contributed by atoms with Gasteiger partial charge >= 0.3 is 0 Å². The summed E-state index contributed by atoms with van der Waals surface area (Å²) in [5, 5.41) is 5.05. The van der Waals surface area contributed by atoms with E-state index >= 15 is 0 Å². The molecule has 0 saturated heterocycles. The van der Waals surface area contributed by atoms with Gasteiger partial charge in [-0.05, 0) is 36.2 Å². The van der Waals surface area contributed by atoms with Crippen LogP contribution in [-0.4, -0.2) is 39.9 Å². The molecule has 0 aromatic heterocycles. The van der Waals surface area contributed by atoms with Crippen molar-refractivity contribution in [1.29, 1.82) is 0 Å². The van der Waals surface area contributed by atoms with Gasteiger partial charge in [0.2, 0.25) is 15.9 Å². The van der Waals surface area contributed by atoms with Crippen LogP contribution in [0.15, 0.2) is 59.5 Å². The minimum absolute atomic E-state index is 0.0518. The summed E-state index contributed by atoms with van der Waals surface area (Å²) < 4.78 is 26.8. The van der Waals surface area contributed by atoms with Crippen LogP contribution in [0.2, 0.25) is 0 Å². The van der Waals surface area contributed by atoms with Crippen molar-refractivity contribution in [2.45, 2.75) is 18.2 Å². The molecule has 2 aromatic rings. The lowest BCUT2D eigenvalue weighted by atomic mass is 10.2. The first-order chi connectivity index (χ1) is 12.9. The molecule has 0 saturated carbocycles. The van der Waals surface area contributed by atoms with Gasteiger partial charge < -0.3 is 10.6 Å². The molecule has 7 nitrogen and oxygen atoms in total. The molecule has 2 amide bonds. The molecule has 0 spiro atoms. The van der Waals surface area contributed by atoms with E-state index in [1.54, 1.807) is 54.6 Å². The number of nitrogens with one attached hydrogen (secondary N) is 3. The molecule has 2 rings (SSSR count). The number of aryl methyl sites for hydroxylation is 1. The molecule has 3 N–H and O–H groups in total. The second-order valence-electron chi connectivity index (χ2n) is 5.79. The fraction of sp³-hybridized carbons (Fsp3) is 0.263. The Labute approximate surface area is 159 Å². The summed E-state index contributed by atoms with van der Waals surface area (Å²) in [6.45, 7) is 1.98. The van der Waals surface area contributed by atoms with E-state index < -0.39 is 15.9 Å². The standard InChI is InChI=1S/C19H23N3O4S/c1-2-15-8-10-17(11-9-15)27(25,26)22-13-12-20-18(23)14-21-19(24)16-6-4-3-5-7-16/h3-11,22H,2,12-14H2,1H3,(H,20,23)(H,21,24). The van der Waals surface area contributed by atoms with Gasteiger partial charge in [0.25, 0.3) is 5.91 Å². The third kappa shape index (κ3) is 6.50. The highest BCUT2D eigenvalue weighted by atomic mass is 32.2. The average molecular weight is 389 g/mol. The largest absolute Gasteiger partial charge is 0.353 e. The predicted octanol–water partition coefficient (Wildman–Crippen LogP) is 1.07. The molecule has 2 aromatic carbocycles. The molecule has 0 aliphatic rings. The van der Waals surface area contributed by atoms with Gasteiger partial charge in [0.15, 0.2) is 0 Å². The molecule has 0 atom stereocenters. The Balaban J connectivity index is 1.70. The van der Waals surface area contributed by atoms with Crippen molar-refractivity contribution in [2.75, 3.05) is 19.6 Å². The van der Waals surface area contributed by atoms with Crippen molar-refractivity contribution in [2.24, 2.45) is 0 Å². The van der Waals surface area contributed by atoms with E-state index in [2.05, 4.69) is 15.4 Å². The van der Waals surface area contributed by atoms with Crippen LogP contribution >= 0.6 is 0 Å². The Morgan fingerprint density at radius 2 is 1.56 bits per heavy atom. The monoisotopic (exact) mass is 389 g/mol. The van der Waals surface area contributed by atoms with Crippen LogP contribution in [0.1, 0.15) is 22.8 Å². The molecule has 0 fully saturated rings. The molecule has 0 aliphatic carbocycles. The fourth-order valence-electron chi connectivity index (χ4n) is 2.29. The van der Waals surface area contributed by atoms with Crippen molar-refractivity contribution < 1.29 is 18.0 Å². The summed E-state index contributed by atoms with van der Waals surface area (Å²) in [7, 11) is -3.62. The van der Waals surface area contributed by atoms with Crippen LogP contribution in [0.3, 0.4) is 0 Å². The maximum atomic E-state index is 12.2. The van der Waals surface area contributed by atoms with E-state index in [-0.39, 0.29) is 30.4 Å². The number of amides is 2. The smallest absolute Gasteiger partial charge is 0.251 e. The first kappa shape index (κ1) is 20.6. The summed E-state index contributed by atoms with van der Waals surface area (Å²) in [5.41, 5.74) is 1.52. The molecule has 0 heterocycles. The minimum Gasteiger partial charge on any atom is -0.353 e. The summed E-state index contributed by atoms with van der Waals surface area (Å²) in [4.78, 5) is 23.8. The summed E-state index contributed by atoms with van der Waals surface area (Å²) in [6, 6.07) is 15.2. The van der Waals surface area contributed by atoms with E-state index in [4.69, 9.17) is 0 Å². The lowest BCUT2D eigenvalue weighted by Crippen LogP contribution is -2.40. The lowest BCUT2D eigenvalue weighted by Gasteiger charge is -2.09. The number of hydrogen-bond donors (Lipinski definition) is 3. The Morgan fingerprint density at radius 3 is 2.19 bits per heavy atom. The van der Waals surface area contributed by atoms with Crippen molar-refractivity contribution in [3.8, 4) is 0 Å². The number of carbonyl (C=O) groups excluding carboxylic acids is 2.